The lowest BCUT2D eigenvalue weighted by atomic mass is 10.1. The molecule has 8 heteroatoms. The van der Waals surface area contributed by atoms with Gasteiger partial charge in [0.05, 0.1) is 25.9 Å². The molecule has 2 N–H and O–H groups in total. The molecule has 1 saturated heterocycles. The predicted molar refractivity (Wildman–Crippen MR) is 129 cm³/mol. The third kappa shape index (κ3) is 7.23. The van der Waals surface area contributed by atoms with Crippen molar-refractivity contribution in [3.05, 3.63) is 29.6 Å². The van der Waals surface area contributed by atoms with E-state index in [0.717, 1.165) is 31.9 Å². The lowest BCUT2D eigenvalue weighted by molar-refractivity contribution is -0.0174. The highest BCUT2D eigenvalue weighted by atomic mass is 127. The number of morpholine rings is 1. The van der Waals surface area contributed by atoms with Crippen molar-refractivity contribution >= 4 is 29.9 Å². The highest BCUT2D eigenvalue weighted by Gasteiger charge is 2.24. The first-order valence-corrected chi connectivity index (χ1v) is 10.7. The van der Waals surface area contributed by atoms with Crippen LogP contribution in [0.5, 0.6) is 5.75 Å². The number of nitrogens with one attached hydrogen (secondary N) is 2. The van der Waals surface area contributed by atoms with Crippen LogP contribution in [-0.4, -0.2) is 62.9 Å². The molecule has 1 saturated carbocycles. The first kappa shape index (κ1) is 25.1. The summed E-state index contributed by atoms with van der Waals surface area (Å²) in [6.07, 6.45) is 2.38. The summed E-state index contributed by atoms with van der Waals surface area (Å²) in [5, 5.41) is 6.74. The average Bonchev–Trinajstić information content (AvgIpc) is 3.54. The number of nitrogens with zero attached hydrogens (tertiary/aromatic N) is 2. The van der Waals surface area contributed by atoms with Crippen LogP contribution in [0.15, 0.2) is 23.2 Å². The number of halogens is 2. The van der Waals surface area contributed by atoms with E-state index in [-0.39, 0.29) is 35.8 Å². The molecule has 0 bridgehead atoms. The molecule has 3 unspecified atom stereocenters. The molecule has 0 radical (unpaired) electrons. The molecule has 170 valence electrons. The van der Waals surface area contributed by atoms with Crippen LogP contribution in [0.4, 0.5) is 4.39 Å². The maximum Gasteiger partial charge on any atom is 0.191 e. The Kier molecular flexibility index (Phi) is 10.1. The van der Waals surface area contributed by atoms with Crippen molar-refractivity contribution < 1.29 is 13.9 Å². The maximum atomic E-state index is 14.4. The zero-order valence-corrected chi connectivity index (χ0v) is 20.8. The molecule has 1 aliphatic carbocycles. The van der Waals surface area contributed by atoms with E-state index in [2.05, 4.69) is 34.4 Å². The molecular formula is C22H36FIN4O2. The smallest absolute Gasteiger partial charge is 0.191 e. The van der Waals surface area contributed by atoms with Crippen LogP contribution < -0.4 is 15.4 Å². The summed E-state index contributed by atoms with van der Waals surface area (Å²) in [4.78, 5) is 6.77. The molecule has 0 amide bonds. The normalized spacial score (nSPS) is 22.0. The number of benzene rings is 1. The highest BCUT2D eigenvalue weighted by molar-refractivity contribution is 14.0. The van der Waals surface area contributed by atoms with Crippen molar-refractivity contribution in [3.8, 4) is 5.75 Å². The lowest BCUT2D eigenvalue weighted by Gasteiger charge is -2.38. The molecule has 1 aromatic carbocycles. The second-order valence-corrected chi connectivity index (χ2v) is 8.27. The van der Waals surface area contributed by atoms with Crippen LogP contribution >= 0.6 is 24.0 Å². The van der Waals surface area contributed by atoms with E-state index in [1.807, 2.05) is 13.0 Å². The van der Waals surface area contributed by atoms with Gasteiger partial charge in [-0.05, 0) is 57.2 Å². The fraction of sp³-hybridized carbons (Fsp3) is 0.682. The third-order valence-corrected chi connectivity index (χ3v) is 5.75. The van der Waals surface area contributed by atoms with Crippen molar-refractivity contribution in [2.75, 3.05) is 40.0 Å². The van der Waals surface area contributed by atoms with E-state index in [0.29, 0.717) is 36.3 Å². The van der Waals surface area contributed by atoms with E-state index >= 15 is 0 Å². The second kappa shape index (κ2) is 12.0. The van der Waals surface area contributed by atoms with E-state index < -0.39 is 0 Å². The summed E-state index contributed by atoms with van der Waals surface area (Å²) in [6, 6.07) is 5.88. The second-order valence-electron chi connectivity index (χ2n) is 8.27. The van der Waals surface area contributed by atoms with Crippen LogP contribution in [0.2, 0.25) is 0 Å². The van der Waals surface area contributed by atoms with Crippen molar-refractivity contribution in [2.45, 2.75) is 51.7 Å². The number of ether oxygens (including phenoxy) is 2. The Balaban J connectivity index is 0.00000320. The summed E-state index contributed by atoms with van der Waals surface area (Å²) in [5.41, 5.74) is 0.860. The van der Waals surface area contributed by atoms with Crippen LogP contribution in [0, 0.1) is 11.7 Å². The molecule has 1 aliphatic heterocycles. The number of aliphatic imine (C=N–C) groups is 1. The quantitative estimate of drug-likeness (QED) is 0.304. The van der Waals surface area contributed by atoms with Crippen LogP contribution in [0.25, 0.3) is 0 Å². The van der Waals surface area contributed by atoms with Gasteiger partial charge in [0.1, 0.15) is 0 Å². The number of rotatable bonds is 8. The van der Waals surface area contributed by atoms with Gasteiger partial charge in [0.25, 0.3) is 0 Å². The van der Waals surface area contributed by atoms with E-state index in [4.69, 9.17) is 9.47 Å². The summed E-state index contributed by atoms with van der Waals surface area (Å²) in [6.45, 7) is 10.3. The van der Waals surface area contributed by atoms with Gasteiger partial charge in [0, 0.05) is 32.2 Å². The van der Waals surface area contributed by atoms with Gasteiger partial charge in [-0.1, -0.05) is 6.07 Å². The predicted octanol–water partition coefficient (Wildman–Crippen LogP) is 3.57. The third-order valence-electron chi connectivity index (χ3n) is 5.75. The Morgan fingerprint density at radius 1 is 1.37 bits per heavy atom. The molecule has 1 aromatic rings. The van der Waals surface area contributed by atoms with Gasteiger partial charge < -0.3 is 20.1 Å². The average molecular weight is 534 g/mol. The van der Waals surface area contributed by atoms with E-state index in [1.54, 1.807) is 19.2 Å². The zero-order valence-electron chi connectivity index (χ0n) is 18.5. The number of guanidine groups is 1. The van der Waals surface area contributed by atoms with Gasteiger partial charge in [-0.3, -0.25) is 9.89 Å². The Labute approximate surface area is 197 Å². The fourth-order valence-electron chi connectivity index (χ4n) is 3.64. The molecule has 6 nitrogen and oxygen atoms in total. The molecular weight excluding hydrogens is 498 g/mol. The Morgan fingerprint density at radius 3 is 2.77 bits per heavy atom. The molecule has 2 fully saturated rings. The monoisotopic (exact) mass is 534 g/mol. The van der Waals surface area contributed by atoms with E-state index in [9.17, 15) is 4.39 Å². The number of hydrogen-bond donors (Lipinski definition) is 2. The first-order valence-electron chi connectivity index (χ1n) is 10.7. The molecule has 2 aliphatic rings. The van der Waals surface area contributed by atoms with Crippen molar-refractivity contribution in [2.24, 2.45) is 10.9 Å². The Morgan fingerprint density at radius 2 is 2.13 bits per heavy atom. The lowest BCUT2D eigenvalue weighted by Crippen LogP contribution is -2.53. The number of hydrogen-bond acceptors (Lipinski definition) is 4. The molecule has 3 atom stereocenters. The van der Waals surface area contributed by atoms with E-state index in [1.165, 1.54) is 12.8 Å². The van der Waals surface area contributed by atoms with Crippen molar-refractivity contribution in [1.29, 1.82) is 0 Å². The van der Waals surface area contributed by atoms with Gasteiger partial charge in [0.15, 0.2) is 17.5 Å². The summed E-state index contributed by atoms with van der Waals surface area (Å²) in [7, 11) is 1.75. The topological polar surface area (TPSA) is 58.1 Å². The fourth-order valence-corrected chi connectivity index (χ4v) is 3.64. The minimum atomic E-state index is -0.310. The molecule has 0 spiro atoms. The Hall–Kier alpha value is -1.13. The van der Waals surface area contributed by atoms with Crippen LogP contribution in [-0.2, 0) is 4.74 Å². The van der Waals surface area contributed by atoms with Crippen LogP contribution in [0.1, 0.15) is 45.2 Å². The SMILES string of the molecule is CN=C(NCC(C)N1CCOCC1C)NC(C)c1ccc(OCC2CC2)c(F)c1.I. The summed E-state index contributed by atoms with van der Waals surface area (Å²) >= 11 is 0. The van der Waals surface area contributed by atoms with Gasteiger partial charge in [-0.2, -0.15) is 0 Å². The maximum absolute atomic E-state index is 14.4. The standard InChI is InChI=1S/C22H35FN4O2.HI/c1-15(27-9-10-28-13-16(27)2)12-25-22(24-4)26-17(3)19-7-8-21(20(23)11-19)29-14-18-5-6-18;/h7-8,11,15-18H,5-6,9-10,12-14H2,1-4H3,(H2,24,25,26);1H. The molecule has 0 aromatic heterocycles. The van der Waals surface area contributed by atoms with Gasteiger partial charge in [-0.15, -0.1) is 24.0 Å². The minimum absolute atomic E-state index is 0. The Bertz CT molecular complexity index is 702. The molecule has 30 heavy (non-hydrogen) atoms. The molecule has 3 rings (SSSR count). The summed E-state index contributed by atoms with van der Waals surface area (Å²) in [5.74, 6) is 1.34. The van der Waals surface area contributed by atoms with Crippen LogP contribution in [0.3, 0.4) is 0 Å². The highest BCUT2D eigenvalue weighted by Crippen LogP contribution is 2.30. The van der Waals surface area contributed by atoms with Gasteiger partial charge >= 0.3 is 0 Å². The zero-order chi connectivity index (χ0) is 20.8. The first-order chi connectivity index (χ1) is 14.0. The minimum Gasteiger partial charge on any atom is -0.490 e. The molecule has 1 heterocycles. The van der Waals surface area contributed by atoms with Crippen molar-refractivity contribution in [1.82, 2.24) is 15.5 Å². The van der Waals surface area contributed by atoms with Crippen molar-refractivity contribution in [3.63, 3.8) is 0 Å². The van der Waals surface area contributed by atoms with Gasteiger partial charge in [-0.25, -0.2) is 4.39 Å². The largest absolute Gasteiger partial charge is 0.490 e. The summed E-state index contributed by atoms with van der Waals surface area (Å²) < 4.78 is 25.5. The van der Waals surface area contributed by atoms with Gasteiger partial charge in [0.2, 0.25) is 0 Å².